The molecule has 0 bridgehead atoms. The van der Waals surface area contributed by atoms with Crippen molar-refractivity contribution < 1.29 is 22.8 Å². The maximum Gasteiger partial charge on any atom is 0.276 e. The van der Waals surface area contributed by atoms with Crippen LogP contribution >= 0.6 is 0 Å². The predicted octanol–water partition coefficient (Wildman–Crippen LogP) is 1.00. The van der Waals surface area contributed by atoms with Gasteiger partial charge >= 0.3 is 0 Å². The van der Waals surface area contributed by atoms with Gasteiger partial charge in [-0.15, -0.1) is 0 Å². The van der Waals surface area contributed by atoms with Crippen LogP contribution in [0.5, 0.6) is 0 Å². The highest BCUT2D eigenvalue weighted by molar-refractivity contribution is 5.93. The van der Waals surface area contributed by atoms with Crippen molar-refractivity contribution in [3.05, 3.63) is 18.4 Å². The lowest BCUT2D eigenvalue weighted by Crippen LogP contribution is -2.57. The minimum Gasteiger partial charge on any atom is -0.451 e. The SMILES string of the molecule is CN1CCC2(CN(C(=O)c3cocn3)CC(F)(F)C2)C1=O. The molecule has 1 spiro atoms. The average molecular weight is 299 g/mol. The summed E-state index contributed by atoms with van der Waals surface area (Å²) < 4.78 is 32.8. The van der Waals surface area contributed by atoms with Crippen LogP contribution in [0.25, 0.3) is 0 Å². The number of amides is 2. The summed E-state index contributed by atoms with van der Waals surface area (Å²) in [6.07, 6.45) is 2.01. The molecule has 8 heteroatoms. The van der Waals surface area contributed by atoms with Crippen molar-refractivity contribution >= 4 is 11.8 Å². The third-order valence-electron chi connectivity index (χ3n) is 4.18. The van der Waals surface area contributed by atoms with E-state index in [2.05, 4.69) is 4.98 Å². The van der Waals surface area contributed by atoms with Crippen LogP contribution < -0.4 is 0 Å². The average Bonchev–Trinajstić information content (AvgIpc) is 3.02. The highest BCUT2D eigenvalue weighted by atomic mass is 19.3. The van der Waals surface area contributed by atoms with E-state index in [0.29, 0.717) is 13.0 Å². The van der Waals surface area contributed by atoms with Crippen LogP contribution in [0.1, 0.15) is 23.3 Å². The number of nitrogens with zero attached hydrogens (tertiary/aromatic N) is 3. The summed E-state index contributed by atoms with van der Waals surface area (Å²) in [4.78, 5) is 30.6. The molecule has 1 aromatic rings. The monoisotopic (exact) mass is 299 g/mol. The van der Waals surface area contributed by atoms with Crippen LogP contribution in [-0.4, -0.2) is 59.2 Å². The number of hydrogen-bond donors (Lipinski definition) is 0. The second-order valence-electron chi connectivity index (χ2n) is 5.82. The van der Waals surface area contributed by atoms with E-state index in [1.165, 1.54) is 4.90 Å². The van der Waals surface area contributed by atoms with E-state index in [0.717, 1.165) is 17.6 Å². The number of carbonyl (C=O) groups excluding carboxylic acids is 2. The summed E-state index contributed by atoms with van der Waals surface area (Å²) in [7, 11) is 1.59. The van der Waals surface area contributed by atoms with Crippen LogP contribution in [0, 0.1) is 5.41 Å². The standard InChI is InChI=1S/C13H15F2N3O3/c1-17-3-2-12(11(17)20)5-13(14,15)7-18(6-12)10(19)9-4-21-8-16-9/h4,8H,2-3,5-7H2,1H3. The molecule has 0 aliphatic carbocycles. The minimum absolute atomic E-state index is 0.00252. The van der Waals surface area contributed by atoms with Crippen molar-refractivity contribution in [3.8, 4) is 0 Å². The Morgan fingerprint density at radius 3 is 2.76 bits per heavy atom. The first-order valence-corrected chi connectivity index (χ1v) is 6.64. The molecule has 2 fully saturated rings. The summed E-state index contributed by atoms with van der Waals surface area (Å²) in [5, 5.41) is 0. The Hall–Kier alpha value is -1.99. The molecule has 114 valence electrons. The highest BCUT2D eigenvalue weighted by Crippen LogP contribution is 2.45. The zero-order chi connectivity index (χ0) is 15.3. The van der Waals surface area contributed by atoms with Gasteiger partial charge in [0.15, 0.2) is 12.1 Å². The topological polar surface area (TPSA) is 66.7 Å². The number of carbonyl (C=O) groups is 2. The Labute approximate surface area is 119 Å². The zero-order valence-corrected chi connectivity index (χ0v) is 11.5. The maximum absolute atomic E-state index is 14.0. The van der Waals surface area contributed by atoms with Gasteiger partial charge in [0.2, 0.25) is 5.91 Å². The Kier molecular flexibility index (Phi) is 3.00. The highest BCUT2D eigenvalue weighted by Gasteiger charge is 2.57. The van der Waals surface area contributed by atoms with E-state index in [-0.39, 0.29) is 18.1 Å². The lowest BCUT2D eigenvalue weighted by molar-refractivity contribution is -0.150. The van der Waals surface area contributed by atoms with Crippen LogP contribution in [0.3, 0.4) is 0 Å². The molecular weight excluding hydrogens is 284 g/mol. The fourth-order valence-corrected chi connectivity index (χ4v) is 3.24. The smallest absolute Gasteiger partial charge is 0.276 e. The van der Waals surface area contributed by atoms with E-state index < -0.39 is 30.2 Å². The van der Waals surface area contributed by atoms with Gasteiger partial charge in [-0.2, -0.15) is 0 Å². The second kappa shape index (κ2) is 4.51. The van der Waals surface area contributed by atoms with E-state index in [4.69, 9.17) is 4.42 Å². The van der Waals surface area contributed by atoms with Gasteiger partial charge in [-0.25, -0.2) is 13.8 Å². The van der Waals surface area contributed by atoms with Crippen molar-refractivity contribution in [1.82, 2.24) is 14.8 Å². The van der Waals surface area contributed by atoms with Gasteiger partial charge in [0, 0.05) is 26.6 Å². The lowest BCUT2D eigenvalue weighted by atomic mass is 9.77. The fraction of sp³-hybridized carbons (Fsp3) is 0.615. The summed E-state index contributed by atoms with van der Waals surface area (Å²) in [5.74, 6) is -4.04. The van der Waals surface area contributed by atoms with Crippen molar-refractivity contribution in [3.63, 3.8) is 0 Å². The van der Waals surface area contributed by atoms with Crippen molar-refractivity contribution in [2.24, 2.45) is 5.41 Å². The summed E-state index contributed by atoms with van der Waals surface area (Å²) in [6.45, 7) is -0.268. The van der Waals surface area contributed by atoms with E-state index >= 15 is 0 Å². The summed E-state index contributed by atoms with van der Waals surface area (Å²) in [5.41, 5.74) is -1.21. The normalized spacial score (nSPS) is 28.4. The molecule has 2 aliphatic rings. The molecule has 0 radical (unpaired) electrons. The lowest BCUT2D eigenvalue weighted by Gasteiger charge is -2.42. The number of oxazole rings is 1. The van der Waals surface area contributed by atoms with Crippen LogP contribution in [0.2, 0.25) is 0 Å². The first kappa shape index (κ1) is 14.0. The van der Waals surface area contributed by atoms with Crippen LogP contribution in [0.15, 0.2) is 17.1 Å². The number of halogens is 2. The number of likely N-dealkylation sites (tertiary alicyclic amines) is 2. The summed E-state index contributed by atoms with van der Waals surface area (Å²) in [6, 6.07) is 0. The molecule has 21 heavy (non-hydrogen) atoms. The Morgan fingerprint density at radius 2 is 2.19 bits per heavy atom. The molecule has 3 rings (SSSR count). The quantitative estimate of drug-likeness (QED) is 0.776. The van der Waals surface area contributed by atoms with Crippen molar-refractivity contribution in [1.29, 1.82) is 0 Å². The van der Waals surface area contributed by atoms with Crippen molar-refractivity contribution in [2.45, 2.75) is 18.8 Å². The van der Waals surface area contributed by atoms with E-state index in [9.17, 15) is 18.4 Å². The molecule has 1 atom stereocenters. The fourth-order valence-electron chi connectivity index (χ4n) is 3.24. The van der Waals surface area contributed by atoms with Gasteiger partial charge < -0.3 is 14.2 Å². The first-order chi connectivity index (χ1) is 9.83. The van der Waals surface area contributed by atoms with Gasteiger partial charge in [-0.1, -0.05) is 0 Å². The van der Waals surface area contributed by atoms with Gasteiger partial charge in [-0.05, 0) is 6.42 Å². The molecule has 0 saturated carbocycles. The molecule has 3 heterocycles. The van der Waals surface area contributed by atoms with Gasteiger partial charge in [-0.3, -0.25) is 9.59 Å². The van der Waals surface area contributed by atoms with Crippen molar-refractivity contribution in [2.75, 3.05) is 26.7 Å². The molecule has 2 aliphatic heterocycles. The molecular formula is C13H15F2N3O3. The predicted molar refractivity (Wildman–Crippen MR) is 66.7 cm³/mol. The van der Waals surface area contributed by atoms with E-state index in [1.807, 2.05) is 0 Å². The largest absolute Gasteiger partial charge is 0.451 e. The third-order valence-corrected chi connectivity index (χ3v) is 4.18. The third kappa shape index (κ3) is 2.28. The molecule has 6 nitrogen and oxygen atoms in total. The Balaban J connectivity index is 1.89. The number of aromatic nitrogens is 1. The maximum atomic E-state index is 14.0. The van der Waals surface area contributed by atoms with Gasteiger partial charge in [0.05, 0.1) is 12.0 Å². The number of rotatable bonds is 1. The Morgan fingerprint density at radius 1 is 1.43 bits per heavy atom. The minimum atomic E-state index is -3.08. The summed E-state index contributed by atoms with van der Waals surface area (Å²) >= 11 is 0. The molecule has 0 aromatic carbocycles. The van der Waals surface area contributed by atoms with Gasteiger partial charge in [0.25, 0.3) is 11.8 Å². The molecule has 1 aromatic heterocycles. The van der Waals surface area contributed by atoms with E-state index in [1.54, 1.807) is 7.05 Å². The molecule has 1 unspecified atom stereocenters. The number of alkyl halides is 2. The molecule has 0 N–H and O–H groups in total. The van der Waals surface area contributed by atoms with Gasteiger partial charge in [0.1, 0.15) is 6.26 Å². The Bertz CT molecular complexity index is 575. The molecule has 2 amide bonds. The molecule has 2 saturated heterocycles. The number of hydrogen-bond acceptors (Lipinski definition) is 4. The van der Waals surface area contributed by atoms with Crippen LogP contribution in [0.4, 0.5) is 8.78 Å². The number of piperidine rings is 1. The second-order valence-corrected chi connectivity index (χ2v) is 5.82. The zero-order valence-electron chi connectivity index (χ0n) is 11.5. The van der Waals surface area contributed by atoms with Crippen LogP contribution in [-0.2, 0) is 4.79 Å². The first-order valence-electron chi connectivity index (χ1n) is 6.64.